The molecule has 0 fully saturated rings. The van der Waals surface area contributed by atoms with Gasteiger partial charge in [0.1, 0.15) is 5.75 Å². The number of rotatable bonds is 6. The summed E-state index contributed by atoms with van der Waals surface area (Å²) >= 11 is 0. The molecule has 88 valence electrons. The molecule has 1 rings (SSSR count). The largest absolute Gasteiger partial charge is 0.494 e. The average Bonchev–Trinajstić information content (AvgIpc) is 2.26. The first-order chi connectivity index (χ1) is 7.72. The fourth-order valence-electron chi connectivity index (χ4n) is 1.38. The Balaban J connectivity index is 2.36. The Labute approximate surface area is 96.8 Å². The molecule has 0 heterocycles. The maximum atomic E-state index is 10.8. The Hall–Kier alpha value is -1.51. The van der Waals surface area contributed by atoms with E-state index in [2.05, 4.69) is 12.2 Å². The van der Waals surface area contributed by atoms with E-state index in [0.717, 1.165) is 24.5 Å². The van der Waals surface area contributed by atoms with E-state index in [0.29, 0.717) is 0 Å². The van der Waals surface area contributed by atoms with Crippen molar-refractivity contribution in [2.24, 2.45) is 0 Å². The third-order valence-electron chi connectivity index (χ3n) is 2.19. The van der Waals surface area contributed by atoms with Gasteiger partial charge in [-0.05, 0) is 30.7 Å². The van der Waals surface area contributed by atoms with Crippen LogP contribution in [0.3, 0.4) is 0 Å². The number of benzene rings is 1. The Kier molecular flexibility index (Phi) is 5.40. The molecular formula is C13H19NO2. The summed E-state index contributed by atoms with van der Waals surface area (Å²) in [7, 11) is 0. The summed E-state index contributed by atoms with van der Waals surface area (Å²) in [6.45, 7) is 4.42. The van der Waals surface area contributed by atoms with Crippen LogP contribution in [0.25, 0.3) is 0 Å². The Morgan fingerprint density at radius 3 is 2.50 bits per heavy atom. The summed E-state index contributed by atoms with van der Waals surface area (Å²) in [6.07, 6.45) is 3.48. The molecule has 0 radical (unpaired) electrons. The smallest absolute Gasteiger partial charge is 0.221 e. The number of hydrogen-bond acceptors (Lipinski definition) is 2. The fourth-order valence-corrected chi connectivity index (χ4v) is 1.38. The van der Waals surface area contributed by atoms with Crippen molar-refractivity contribution < 1.29 is 9.53 Å². The Bertz CT molecular complexity index is 319. The summed E-state index contributed by atoms with van der Waals surface area (Å²) in [5, 5.41) is 2.71. The van der Waals surface area contributed by atoms with Gasteiger partial charge in [0.05, 0.1) is 6.61 Å². The van der Waals surface area contributed by atoms with Gasteiger partial charge in [-0.3, -0.25) is 4.79 Å². The molecule has 0 aromatic heterocycles. The standard InChI is InChI=1S/C13H19NO2/c1-3-4-5-10-16-13-8-6-12(7-9-13)14-11(2)15/h6-9H,3-5,10H2,1-2H3,(H,14,15). The molecule has 0 spiro atoms. The minimum Gasteiger partial charge on any atom is -0.494 e. The zero-order valence-corrected chi connectivity index (χ0v) is 9.95. The summed E-state index contributed by atoms with van der Waals surface area (Å²) in [5.41, 5.74) is 0.799. The van der Waals surface area contributed by atoms with Crippen LogP contribution >= 0.6 is 0 Å². The Morgan fingerprint density at radius 1 is 1.25 bits per heavy atom. The van der Waals surface area contributed by atoms with E-state index >= 15 is 0 Å². The second-order valence-electron chi connectivity index (χ2n) is 3.76. The minimum atomic E-state index is -0.0587. The van der Waals surface area contributed by atoms with Crippen LogP contribution in [0.1, 0.15) is 33.1 Å². The summed E-state index contributed by atoms with van der Waals surface area (Å²) in [4.78, 5) is 10.8. The predicted molar refractivity (Wildman–Crippen MR) is 65.8 cm³/mol. The van der Waals surface area contributed by atoms with Crippen LogP contribution in [0.4, 0.5) is 5.69 Å². The van der Waals surface area contributed by atoms with Gasteiger partial charge in [-0.2, -0.15) is 0 Å². The molecule has 1 amide bonds. The van der Waals surface area contributed by atoms with Crippen LogP contribution in [0, 0.1) is 0 Å². The third kappa shape index (κ3) is 4.82. The molecule has 0 aliphatic heterocycles. The van der Waals surface area contributed by atoms with Gasteiger partial charge in [-0.25, -0.2) is 0 Å². The molecule has 0 bridgehead atoms. The van der Waals surface area contributed by atoms with Gasteiger partial charge in [0, 0.05) is 12.6 Å². The highest BCUT2D eigenvalue weighted by Gasteiger charge is 1.96. The molecule has 3 nitrogen and oxygen atoms in total. The zero-order chi connectivity index (χ0) is 11.8. The van der Waals surface area contributed by atoms with Gasteiger partial charge < -0.3 is 10.1 Å². The quantitative estimate of drug-likeness (QED) is 0.749. The number of unbranched alkanes of at least 4 members (excludes halogenated alkanes) is 2. The highest BCUT2D eigenvalue weighted by Crippen LogP contribution is 2.15. The van der Waals surface area contributed by atoms with E-state index in [9.17, 15) is 4.79 Å². The number of nitrogens with one attached hydrogen (secondary N) is 1. The van der Waals surface area contributed by atoms with Crippen molar-refractivity contribution >= 4 is 11.6 Å². The first-order valence-corrected chi connectivity index (χ1v) is 5.73. The lowest BCUT2D eigenvalue weighted by molar-refractivity contribution is -0.114. The molecule has 0 saturated carbocycles. The molecule has 16 heavy (non-hydrogen) atoms. The molecule has 0 atom stereocenters. The van der Waals surface area contributed by atoms with Crippen LogP contribution in [0.15, 0.2) is 24.3 Å². The van der Waals surface area contributed by atoms with Crippen molar-refractivity contribution in [2.75, 3.05) is 11.9 Å². The van der Waals surface area contributed by atoms with E-state index in [1.807, 2.05) is 24.3 Å². The third-order valence-corrected chi connectivity index (χ3v) is 2.19. The number of ether oxygens (including phenoxy) is 1. The van der Waals surface area contributed by atoms with Crippen LogP contribution in [-0.4, -0.2) is 12.5 Å². The molecule has 1 N–H and O–H groups in total. The van der Waals surface area contributed by atoms with Gasteiger partial charge in [0.15, 0.2) is 0 Å². The number of hydrogen-bond donors (Lipinski definition) is 1. The second kappa shape index (κ2) is 6.88. The summed E-state index contributed by atoms with van der Waals surface area (Å²) in [6, 6.07) is 7.43. The van der Waals surface area contributed by atoms with Crippen LogP contribution in [-0.2, 0) is 4.79 Å². The topological polar surface area (TPSA) is 38.3 Å². The average molecular weight is 221 g/mol. The number of carbonyl (C=O) groups excluding carboxylic acids is 1. The van der Waals surface area contributed by atoms with E-state index in [1.165, 1.54) is 19.8 Å². The van der Waals surface area contributed by atoms with Crippen LogP contribution in [0.5, 0.6) is 5.75 Å². The van der Waals surface area contributed by atoms with Gasteiger partial charge in [-0.1, -0.05) is 19.8 Å². The van der Waals surface area contributed by atoms with Crippen molar-refractivity contribution in [2.45, 2.75) is 33.1 Å². The lowest BCUT2D eigenvalue weighted by Crippen LogP contribution is -2.05. The molecule has 1 aromatic rings. The number of amides is 1. The van der Waals surface area contributed by atoms with Crippen molar-refractivity contribution in [3.05, 3.63) is 24.3 Å². The molecular weight excluding hydrogens is 202 g/mol. The molecule has 0 aliphatic carbocycles. The van der Waals surface area contributed by atoms with Crippen LogP contribution in [0.2, 0.25) is 0 Å². The maximum absolute atomic E-state index is 10.8. The molecule has 0 aliphatic rings. The first-order valence-electron chi connectivity index (χ1n) is 5.73. The normalized spacial score (nSPS) is 9.88. The molecule has 3 heteroatoms. The predicted octanol–water partition coefficient (Wildman–Crippen LogP) is 3.21. The minimum absolute atomic E-state index is 0.0587. The van der Waals surface area contributed by atoms with Gasteiger partial charge >= 0.3 is 0 Å². The van der Waals surface area contributed by atoms with E-state index < -0.39 is 0 Å². The fraction of sp³-hybridized carbons (Fsp3) is 0.462. The van der Waals surface area contributed by atoms with Gasteiger partial charge in [0.25, 0.3) is 0 Å². The molecule has 1 aromatic carbocycles. The van der Waals surface area contributed by atoms with Crippen LogP contribution < -0.4 is 10.1 Å². The zero-order valence-electron chi connectivity index (χ0n) is 9.95. The van der Waals surface area contributed by atoms with Crippen molar-refractivity contribution in [1.29, 1.82) is 0 Å². The van der Waals surface area contributed by atoms with Gasteiger partial charge in [0.2, 0.25) is 5.91 Å². The SMILES string of the molecule is CCCCCOc1ccc(NC(C)=O)cc1. The highest BCUT2D eigenvalue weighted by atomic mass is 16.5. The van der Waals surface area contributed by atoms with Crippen molar-refractivity contribution in [3.8, 4) is 5.75 Å². The van der Waals surface area contributed by atoms with E-state index in [-0.39, 0.29) is 5.91 Å². The highest BCUT2D eigenvalue weighted by molar-refractivity contribution is 5.88. The van der Waals surface area contributed by atoms with E-state index in [4.69, 9.17) is 4.74 Å². The summed E-state index contributed by atoms with van der Waals surface area (Å²) in [5.74, 6) is 0.793. The number of carbonyl (C=O) groups is 1. The van der Waals surface area contributed by atoms with Gasteiger partial charge in [-0.15, -0.1) is 0 Å². The number of anilines is 1. The van der Waals surface area contributed by atoms with Crippen molar-refractivity contribution in [1.82, 2.24) is 0 Å². The monoisotopic (exact) mass is 221 g/mol. The lowest BCUT2D eigenvalue weighted by Gasteiger charge is -2.07. The first kappa shape index (κ1) is 12.6. The maximum Gasteiger partial charge on any atom is 0.221 e. The van der Waals surface area contributed by atoms with Crippen molar-refractivity contribution in [3.63, 3.8) is 0 Å². The molecule has 0 saturated heterocycles. The summed E-state index contributed by atoms with van der Waals surface area (Å²) < 4.78 is 5.56. The lowest BCUT2D eigenvalue weighted by atomic mass is 10.2. The van der Waals surface area contributed by atoms with E-state index in [1.54, 1.807) is 0 Å². The Morgan fingerprint density at radius 2 is 1.94 bits per heavy atom. The molecule has 0 unspecified atom stereocenters. The second-order valence-corrected chi connectivity index (χ2v) is 3.76.